The predicted molar refractivity (Wildman–Crippen MR) is 232 cm³/mol. The Kier molecular flexibility index (Phi) is 43.9. The van der Waals surface area contributed by atoms with E-state index in [4.69, 9.17) is 9.47 Å². The summed E-state index contributed by atoms with van der Waals surface area (Å²) in [5.74, 6) is -0.838. The zero-order valence-corrected chi connectivity index (χ0v) is 36.4. The molecule has 0 N–H and O–H groups in total. The van der Waals surface area contributed by atoms with E-state index in [2.05, 4.69) is 13.8 Å². The molecule has 0 fully saturated rings. The fraction of sp³-hybridized carbons (Fsp3) is 0.918. The zero-order valence-electron chi connectivity index (χ0n) is 36.4. The van der Waals surface area contributed by atoms with Gasteiger partial charge in [-0.1, -0.05) is 258 Å². The van der Waals surface area contributed by atoms with E-state index in [9.17, 15) is 9.59 Å². The molecule has 4 heteroatoms. The van der Waals surface area contributed by atoms with Crippen LogP contribution in [0.2, 0.25) is 0 Å². The van der Waals surface area contributed by atoms with Crippen LogP contribution >= 0.6 is 0 Å². The van der Waals surface area contributed by atoms with Crippen LogP contribution in [0.1, 0.15) is 278 Å². The van der Waals surface area contributed by atoms with Gasteiger partial charge in [-0.05, 0) is 19.8 Å². The number of carbonyl (C=O) groups is 2. The first kappa shape index (κ1) is 51.7. The molecule has 0 bridgehead atoms. The van der Waals surface area contributed by atoms with Gasteiger partial charge in [-0.25, -0.2) is 9.59 Å². The summed E-state index contributed by atoms with van der Waals surface area (Å²) in [5, 5.41) is 0. The highest BCUT2D eigenvalue weighted by molar-refractivity contribution is 5.95. The van der Waals surface area contributed by atoms with E-state index in [1.807, 2.05) is 0 Å². The van der Waals surface area contributed by atoms with Crippen LogP contribution in [0.25, 0.3) is 0 Å². The second kappa shape index (κ2) is 45.1. The van der Waals surface area contributed by atoms with Gasteiger partial charge in [0.15, 0.2) is 0 Å². The Morgan fingerprint density at radius 2 is 0.528 bits per heavy atom. The molecule has 0 aromatic heterocycles. The van der Waals surface area contributed by atoms with Crippen molar-refractivity contribution < 1.29 is 19.1 Å². The summed E-state index contributed by atoms with van der Waals surface area (Å²) in [4.78, 5) is 24.4. The quantitative estimate of drug-likeness (QED) is 0.0354. The van der Waals surface area contributed by atoms with Gasteiger partial charge < -0.3 is 9.47 Å². The molecule has 53 heavy (non-hydrogen) atoms. The number of carbonyl (C=O) groups excluding carboxylic acids is 2. The summed E-state index contributed by atoms with van der Waals surface area (Å²) in [6.45, 7) is 7.07. The fourth-order valence-electron chi connectivity index (χ4n) is 7.44. The minimum atomic E-state index is -0.434. The molecule has 0 aromatic carbocycles. The molecule has 0 atom stereocenters. The molecule has 0 amide bonds. The highest BCUT2D eigenvalue weighted by Crippen LogP contribution is 2.17. The predicted octanol–water partition coefficient (Wildman–Crippen LogP) is 16.7. The van der Waals surface area contributed by atoms with Crippen LogP contribution in [-0.2, 0) is 19.1 Å². The summed E-state index contributed by atoms with van der Waals surface area (Å²) < 4.78 is 10.7. The van der Waals surface area contributed by atoms with Crippen molar-refractivity contribution >= 4 is 11.9 Å². The number of hydrogen-bond acceptors (Lipinski definition) is 4. The molecule has 0 unspecified atom stereocenters. The average Bonchev–Trinajstić information content (AvgIpc) is 3.15. The fourth-order valence-corrected chi connectivity index (χ4v) is 7.44. The van der Waals surface area contributed by atoms with Gasteiger partial charge in [0, 0.05) is 11.6 Å². The maximum atomic E-state index is 12.2. The Morgan fingerprint density at radius 3 is 0.774 bits per heavy atom. The Bertz CT molecular complexity index is 774. The smallest absolute Gasteiger partial charge is 0.333 e. The van der Waals surface area contributed by atoms with Crippen molar-refractivity contribution in [3.8, 4) is 0 Å². The number of esters is 2. The SMILES string of the molecule is CCCCCCCCCCCCCCCCCCCCCCOC(=O)/C=C(/C)C(=O)OCCCCCCCCCCCCCCCCCCCCCC. The molecule has 4 nitrogen and oxygen atoms in total. The van der Waals surface area contributed by atoms with Crippen LogP contribution < -0.4 is 0 Å². The van der Waals surface area contributed by atoms with Crippen molar-refractivity contribution in [3.63, 3.8) is 0 Å². The maximum Gasteiger partial charge on any atom is 0.333 e. The van der Waals surface area contributed by atoms with Crippen LogP contribution in [0.5, 0.6) is 0 Å². The molecule has 0 aliphatic carbocycles. The second-order valence-electron chi connectivity index (χ2n) is 16.6. The van der Waals surface area contributed by atoms with Gasteiger partial charge in [0.05, 0.1) is 13.2 Å². The third-order valence-corrected chi connectivity index (χ3v) is 11.1. The van der Waals surface area contributed by atoms with E-state index in [-0.39, 0.29) is 0 Å². The first-order chi connectivity index (χ1) is 26.1. The van der Waals surface area contributed by atoms with Gasteiger partial charge in [0.25, 0.3) is 0 Å². The number of hydrogen-bond donors (Lipinski definition) is 0. The molecule has 0 aliphatic rings. The first-order valence-corrected chi connectivity index (χ1v) is 24.1. The topological polar surface area (TPSA) is 52.6 Å². The third-order valence-electron chi connectivity index (χ3n) is 11.1. The number of unbranched alkanes of at least 4 members (excludes halogenated alkanes) is 38. The van der Waals surface area contributed by atoms with Crippen LogP contribution in [0.15, 0.2) is 11.6 Å². The van der Waals surface area contributed by atoms with Gasteiger partial charge in [-0.15, -0.1) is 0 Å². The van der Waals surface area contributed by atoms with Crippen LogP contribution in [-0.4, -0.2) is 25.2 Å². The van der Waals surface area contributed by atoms with Crippen molar-refractivity contribution in [1.29, 1.82) is 0 Å². The van der Waals surface area contributed by atoms with Gasteiger partial charge in [-0.2, -0.15) is 0 Å². The normalized spacial score (nSPS) is 11.7. The molecule has 0 heterocycles. The second-order valence-corrected chi connectivity index (χ2v) is 16.6. The highest BCUT2D eigenvalue weighted by Gasteiger charge is 2.09. The molecule has 0 spiro atoms. The molecule has 0 saturated heterocycles. The molecule has 0 aromatic rings. The number of rotatable bonds is 44. The van der Waals surface area contributed by atoms with E-state index in [1.54, 1.807) is 6.92 Å². The minimum absolute atomic E-state index is 0.326. The third kappa shape index (κ3) is 43.3. The lowest BCUT2D eigenvalue weighted by molar-refractivity contribution is -0.141. The average molecular weight is 747 g/mol. The minimum Gasteiger partial charge on any atom is -0.463 e. The largest absolute Gasteiger partial charge is 0.463 e. The van der Waals surface area contributed by atoms with E-state index < -0.39 is 11.9 Å². The molecule has 0 saturated carbocycles. The Hall–Kier alpha value is -1.32. The zero-order chi connectivity index (χ0) is 38.6. The summed E-state index contributed by atoms with van der Waals surface area (Å²) in [6, 6.07) is 0. The Balaban J connectivity index is 3.40. The maximum absolute atomic E-state index is 12.2. The molecule has 0 aliphatic heterocycles. The summed E-state index contributed by atoms with van der Waals surface area (Å²) in [6.07, 6.45) is 55.4. The molecular formula is C49H94O4. The monoisotopic (exact) mass is 747 g/mol. The van der Waals surface area contributed by atoms with Gasteiger partial charge in [0.2, 0.25) is 0 Å². The molecule has 0 rings (SSSR count). The summed E-state index contributed by atoms with van der Waals surface area (Å²) in [7, 11) is 0. The van der Waals surface area contributed by atoms with E-state index in [0.717, 1.165) is 25.7 Å². The van der Waals surface area contributed by atoms with E-state index in [1.165, 1.54) is 237 Å². The lowest BCUT2D eigenvalue weighted by atomic mass is 10.0. The van der Waals surface area contributed by atoms with Crippen LogP contribution in [0, 0.1) is 0 Å². The lowest BCUT2D eigenvalue weighted by Gasteiger charge is -2.06. The van der Waals surface area contributed by atoms with Crippen molar-refractivity contribution in [1.82, 2.24) is 0 Å². The van der Waals surface area contributed by atoms with Crippen molar-refractivity contribution in [2.75, 3.05) is 13.2 Å². The summed E-state index contributed by atoms with van der Waals surface area (Å²) in [5.41, 5.74) is 0.326. The van der Waals surface area contributed by atoms with Gasteiger partial charge in [0.1, 0.15) is 0 Å². The molecule has 314 valence electrons. The lowest BCUT2D eigenvalue weighted by Crippen LogP contribution is -2.10. The van der Waals surface area contributed by atoms with Crippen molar-refractivity contribution in [2.45, 2.75) is 278 Å². The highest BCUT2D eigenvalue weighted by atomic mass is 16.5. The van der Waals surface area contributed by atoms with Gasteiger partial charge in [-0.3, -0.25) is 0 Å². The van der Waals surface area contributed by atoms with Crippen molar-refractivity contribution in [3.05, 3.63) is 11.6 Å². The standard InChI is InChI=1S/C49H94O4/c1-4-6-8-10-12-14-16-18-20-22-24-26-28-30-32-34-36-38-40-42-44-52-48(50)46-47(3)49(51)53-45-43-41-39-37-35-33-31-29-27-25-23-21-19-17-15-13-11-9-7-5-2/h46H,4-45H2,1-3H3/b47-46-. The first-order valence-electron chi connectivity index (χ1n) is 24.1. The molecule has 0 radical (unpaired) electrons. The number of ether oxygens (including phenoxy) is 2. The van der Waals surface area contributed by atoms with E-state index in [0.29, 0.717) is 18.8 Å². The van der Waals surface area contributed by atoms with Crippen LogP contribution in [0.3, 0.4) is 0 Å². The van der Waals surface area contributed by atoms with E-state index >= 15 is 0 Å². The van der Waals surface area contributed by atoms with Crippen LogP contribution in [0.4, 0.5) is 0 Å². The molecular weight excluding hydrogens is 653 g/mol. The Morgan fingerprint density at radius 1 is 0.321 bits per heavy atom. The van der Waals surface area contributed by atoms with Gasteiger partial charge >= 0.3 is 11.9 Å². The summed E-state index contributed by atoms with van der Waals surface area (Å²) >= 11 is 0. The Labute approximate surface area is 332 Å². The van der Waals surface area contributed by atoms with Crippen molar-refractivity contribution in [2.24, 2.45) is 0 Å².